The number of likely N-dealkylation sites (tertiary alicyclic amines) is 1. The molecular formula is C17H21FN2O2. The van der Waals surface area contributed by atoms with E-state index in [4.69, 9.17) is 10.5 Å². The van der Waals surface area contributed by atoms with E-state index in [-0.39, 0.29) is 5.91 Å². The third-order valence-corrected chi connectivity index (χ3v) is 4.46. The summed E-state index contributed by atoms with van der Waals surface area (Å²) in [7, 11) is 0. The highest BCUT2D eigenvalue weighted by atomic mass is 19.1. The Morgan fingerprint density at radius 1 is 1.27 bits per heavy atom. The van der Waals surface area contributed by atoms with Gasteiger partial charge in [-0.05, 0) is 42.9 Å². The van der Waals surface area contributed by atoms with Gasteiger partial charge in [0.05, 0.1) is 5.56 Å². The molecule has 1 aliphatic heterocycles. The smallest absolute Gasteiger partial charge is 0.257 e. The van der Waals surface area contributed by atoms with Gasteiger partial charge >= 0.3 is 0 Å². The summed E-state index contributed by atoms with van der Waals surface area (Å²) in [6.45, 7) is 2.13. The summed E-state index contributed by atoms with van der Waals surface area (Å²) >= 11 is 0. The molecule has 22 heavy (non-hydrogen) atoms. The molecule has 3 rings (SSSR count). The maximum Gasteiger partial charge on any atom is 0.257 e. The Hall–Kier alpha value is -1.88. The van der Waals surface area contributed by atoms with Crippen molar-refractivity contribution in [2.45, 2.75) is 12.8 Å². The van der Waals surface area contributed by atoms with Crippen LogP contribution in [-0.4, -0.2) is 37.0 Å². The number of ether oxygens (including phenoxy) is 1. The molecule has 1 amide bonds. The monoisotopic (exact) mass is 304 g/mol. The summed E-state index contributed by atoms with van der Waals surface area (Å²) in [4.78, 5) is 14.6. The third-order valence-electron chi connectivity index (χ3n) is 4.46. The largest absolute Gasteiger partial charge is 0.491 e. The Kier molecular flexibility index (Phi) is 4.43. The first-order chi connectivity index (χ1) is 10.7. The fourth-order valence-electron chi connectivity index (χ4n) is 3.32. The molecule has 1 aromatic carbocycles. The number of benzene rings is 1. The third kappa shape index (κ3) is 2.99. The zero-order valence-corrected chi connectivity index (χ0v) is 12.5. The maximum absolute atomic E-state index is 13.6. The highest BCUT2D eigenvalue weighted by Gasteiger charge is 2.36. The van der Waals surface area contributed by atoms with Gasteiger partial charge in [-0.1, -0.05) is 12.2 Å². The van der Waals surface area contributed by atoms with E-state index in [1.807, 2.05) is 4.90 Å². The minimum atomic E-state index is -0.429. The lowest BCUT2D eigenvalue weighted by Gasteiger charge is -2.18. The van der Waals surface area contributed by atoms with Crippen molar-refractivity contribution in [2.75, 3.05) is 26.2 Å². The van der Waals surface area contributed by atoms with Gasteiger partial charge in [0, 0.05) is 19.6 Å². The van der Waals surface area contributed by atoms with Gasteiger partial charge < -0.3 is 15.4 Å². The van der Waals surface area contributed by atoms with Gasteiger partial charge in [0.25, 0.3) is 5.91 Å². The molecule has 5 heteroatoms. The van der Waals surface area contributed by atoms with Crippen LogP contribution in [0.25, 0.3) is 0 Å². The van der Waals surface area contributed by atoms with Gasteiger partial charge in [0.2, 0.25) is 0 Å². The number of nitrogens with two attached hydrogens (primary N) is 1. The number of carbonyl (C=O) groups excluding carboxylic acids is 1. The van der Waals surface area contributed by atoms with Gasteiger partial charge in [0.15, 0.2) is 0 Å². The van der Waals surface area contributed by atoms with Gasteiger partial charge in [-0.25, -0.2) is 4.39 Å². The molecule has 1 saturated heterocycles. The summed E-state index contributed by atoms with van der Waals surface area (Å²) in [6, 6.07) is 4.06. The van der Waals surface area contributed by atoms with Gasteiger partial charge in [0.1, 0.15) is 18.2 Å². The lowest BCUT2D eigenvalue weighted by molar-refractivity contribution is 0.0779. The van der Waals surface area contributed by atoms with E-state index in [0.29, 0.717) is 36.3 Å². The first-order valence-electron chi connectivity index (χ1n) is 7.75. The fourth-order valence-corrected chi connectivity index (χ4v) is 3.32. The van der Waals surface area contributed by atoms with Gasteiger partial charge in [-0.3, -0.25) is 4.79 Å². The lowest BCUT2D eigenvalue weighted by atomic mass is 9.86. The minimum absolute atomic E-state index is 0.152. The predicted molar refractivity (Wildman–Crippen MR) is 82.2 cm³/mol. The molecule has 1 aromatic rings. The van der Waals surface area contributed by atoms with E-state index in [2.05, 4.69) is 12.2 Å². The second-order valence-electron chi connectivity index (χ2n) is 5.95. The van der Waals surface area contributed by atoms with Crippen LogP contribution < -0.4 is 10.5 Å². The van der Waals surface area contributed by atoms with Crippen LogP contribution in [0.2, 0.25) is 0 Å². The van der Waals surface area contributed by atoms with Crippen molar-refractivity contribution in [3.8, 4) is 5.75 Å². The average molecular weight is 304 g/mol. The Labute approximate surface area is 129 Å². The Balaban J connectivity index is 1.78. The van der Waals surface area contributed by atoms with Crippen molar-refractivity contribution in [3.05, 3.63) is 41.7 Å². The summed E-state index contributed by atoms with van der Waals surface area (Å²) < 4.78 is 19.0. The second-order valence-corrected chi connectivity index (χ2v) is 5.95. The SMILES string of the molecule is NCCOc1ccc(F)cc1C(=O)N1C[C@H]2CC=CC[C@H]2C1. The lowest BCUT2D eigenvalue weighted by Crippen LogP contribution is -2.29. The number of fused-ring (bicyclic) bond motifs is 1. The molecule has 2 atom stereocenters. The molecule has 1 heterocycles. The molecule has 1 fully saturated rings. The second kappa shape index (κ2) is 6.48. The van der Waals surface area contributed by atoms with E-state index >= 15 is 0 Å². The predicted octanol–water partition coefficient (Wildman–Crippen LogP) is 2.20. The normalized spacial score (nSPS) is 23.5. The van der Waals surface area contributed by atoms with Crippen LogP contribution in [0.15, 0.2) is 30.4 Å². The molecular weight excluding hydrogens is 283 g/mol. The first-order valence-corrected chi connectivity index (χ1v) is 7.75. The van der Waals surface area contributed by atoms with Crippen LogP contribution in [0, 0.1) is 17.7 Å². The van der Waals surface area contributed by atoms with Crippen molar-refractivity contribution >= 4 is 5.91 Å². The van der Waals surface area contributed by atoms with Crippen LogP contribution in [0.4, 0.5) is 4.39 Å². The molecule has 4 nitrogen and oxygen atoms in total. The molecule has 0 unspecified atom stereocenters. The molecule has 2 aliphatic rings. The van der Waals surface area contributed by atoms with Gasteiger partial charge in [-0.2, -0.15) is 0 Å². The van der Waals surface area contributed by atoms with Crippen molar-refractivity contribution < 1.29 is 13.9 Å². The number of hydrogen-bond acceptors (Lipinski definition) is 3. The fraction of sp³-hybridized carbons (Fsp3) is 0.471. The maximum atomic E-state index is 13.6. The number of nitrogens with zero attached hydrogens (tertiary/aromatic N) is 1. The summed E-state index contributed by atoms with van der Waals surface area (Å²) in [5.41, 5.74) is 5.72. The number of allylic oxidation sites excluding steroid dienone is 2. The Morgan fingerprint density at radius 2 is 1.95 bits per heavy atom. The summed E-state index contributed by atoms with van der Waals surface area (Å²) in [5.74, 6) is 0.874. The van der Waals surface area contributed by atoms with Crippen molar-refractivity contribution in [1.82, 2.24) is 4.90 Å². The standard InChI is InChI=1S/C17H21FN2O2/c18-14-5-6-16(22-8-7-19)15(9-14)17(21)20-10-12-3-1-2-4-13(12)11-20/h1-2,5-6,9,12-13H,3-4,7-8,10-11,19H2/t12-,13+. The molecule has 0 saturated carbocycles. The van der Waals surface area contributed by atoms with Crippen molar-refractivity contribution in [2.24, 2.45) is 17.6 Å². The molecule has 118 valence electrons. The van der Waals surface area contributed by atoms with Crippen LogP contribution >= 0.6 is 0 Å². The minimum Gasteiger partial charge on any atom is -0.491 e. The van der Waals surface area contributed by atoms with E-state index in [9.17, 15) is 9.18 Å². The van der Waals surface area contributed by atoms with Crippen LogP contribution in [0.5, 0.6) is 5.75 Å². The van der Waals surface area contributed by atoms with E-state index in [0.717, 1.165) is 25.9 Å². The Bertz CT molecular complexity index is 572. The number of rotatable bonds is 4. The highest BCUT2D eigenvalue weighted by molar-refractivity contribution is 5.97. The molecule has 1 aliphatic carbocycles. The zero-order valence-electron chi connectivity index (χ0n) is 12.5. The molecule has 0 aromatic heterocycles. The number of amides is 1. The topological polar surface area (TPSA) is 55.6 Å². The molecule has 2 N–H and O–H groups in total. The van der Waals surface area contributed by atoms with E-state index < -0.39 is 5.82 Å². The first kappa shape index (κ1) is 15.0. The van der Waals surface area contributed by atoms with Crippen LogP contribution in [-0.2, 0) is 0 Å². The van der Waals surface area contributed by atoms with E-state index in [1.54, 1.807) is 0 Å². The summed E-state index contributed by atoms with van der Waals surface area (Å²) in [5, 5.41) is 0. The van der Waals surface area contributed by atoms with Crippen molar-refractivity contribution in [3.63, 3.8) is 0 Å². The number of carbonyl (C=O) groups is 1. The molecule has 0 spiro atoms. The van der Waals surface area contributed by atoms with Crippen LogP contribution in [0.3, 0.4) is 0 Å². The van der Waals surface area contributed by atoms with Crippen molar-refractivity contribution in [1.29, 1.82) is 0 Å². The average Bonchev–Trinajstić information content (AvgIpc) is 2.97. The highest BCUT2D eigenvalue weighted by Crippen LogP contribution is 2.34. The summed E-state index contributed by atoms with van der Waals surface area (Å²) in [6.07, 6.45) is 6.42. The number of halogens is 1. The van der Waals surface area contributed by atoms with Gasteiger partial charge in [-0.15, -0.1) is 0 Å². The molecule has 0 radical (unpaired) electrons. The zero-order chi connectivity index (χ0) is 15.5. The van der Waals surface area contributed by atoms with Crippen LogP contribution in [0.1, 0.15) is 23.2 Å². The Morgan fingerprint density at radius 3 is 2.59 bits per heavy atom. The molecule has 0 bridgehead atoms. The number of hydrogen-bond donors (Lipinski definition) is 1. The van der Waals surface area contributed by atoms with E-state index in [1.165, 1.54) is 18.2 Å². The quantitative estimate of drug-likeness (QED) is 0.868.